The highest BCUT2D eigenvalue weighted by atomic mass is 19.1. The average Bonchev–Trinajstić information content (AvgIpc) is 2.97. The van der Waals surface area contributed by atoms with Crippen molar-refractivity contribution in [1.29, 1.82) is 0 Å². The molecule has 162 valence electrons. The molecule has 7 nitrogen and oxygen atoms in total. The van der Waals surface area contributed by atoms with Gasteiger partial charge < -0.3 is 10.2 Å². The summed E-state index contributed by atoms with van der Waals surface area (Å²) in [4.78, 5) is 40.2. The van der Waals surface area contributed by atoms with E-state index in [1.54, 1.807) is 6.07 Å². The first-order valence-corrected chi connectivity index (χ1v) is 10.6. The molecule has 4 rings (SSSR count). The van der Waals surface area contributed by atoms with Crippen molar-refractivity contribution in [2.45, 2.75) is 70.6 Å². The van der Waals surface area contributed by atoms with E-state index in [2.05, 4.69) is 36.3 Å². The summed E-state index contributed by atoms with van der Waals surface area (Å²) in [5.74, 6) is -1.60. The van der Waals surface area contributed by atoms with E-state index in [-0.39, 0.29) is 36.4 Å². The molecule has 0 aromatic heterocycles. The molecule has 0 saturated carbocycles. The lowest BCUT2D eigenvalue weighted by atomic mass is 9.98. The number of benzene rings is 1. The first-order valence-electron chi connectivity index (χ1n) is 10.6. The minimum absolute atomic E-state index is 0.0612. The molecule has 2 atom stereocenters. The molecule has 2 N–H and O–H groups in total. The Morgan fingerprint density at radius 1 is 1.17 bits per heavy atom. The number of rotatable bonds is 3. The second kappa shape index (κ2) is 7.65. The molecule has 3 amide bonds. The van der Waals surface area contributed by atoms with Crippen molar-refractivity contribution in [1.82, 2.24) is 15.1 Å². The fourth-order valence-electron chi connectivity index (χ4n) is 4.62. The van der Waals surface area contributed by atoms with E-state index >= 15 is 0 Å². The fourth-order valence-corrected chi connectivity index (χ4v) is 4.62. The van der Waals surface area contributed by atoms with Gasteiger partial charge in [0, 0.05) is 36.7 Å². The lowest BCUT2D eigenvalue weighted by molar-refractivity contribution is -0.136. The summed E-state index contributed by atoms with van der Waals surface area (Å²) >= 11 is 0. The zero-order valence-corrected chi connectivity index (χ0v) is 17.8. The van der Waals surface area contributed by atoms with Gasteiger partial charge in [0.15, 0.2) is 0 Å². The van der Waals surface area contributed by atoms with Crippen molar-refractivity contribution in [3.05, 3.63) is 29.1 Å². The fraction of sp³-hybridized carbons (Fsp3) is 0.591. The maximum absolute atomic E-state index is 14.8. The lowest BCUT2D eigenvalue weighted by Crippen LogP contribution is -2.52. The summed E-state index contributed by atoms with van der Waals surface area (Å²) in [7, 11) is 0. The number of carbonyl (C=O) groups is 3. The van der Waals surface area contributed by atoms with Crippen LogP contribution in [0.25, 0.3) is 0 Å². The molecular formula is C22H29FN4O3. The Morgan fingerprint density at radius 2 is 1.93 bits per heavy atom. The van der Waals surface area contributed by atoms with E-state index in [0.717, 1.165) is 25.9 Å². The Morgan fingerprint density at radius 3 is 2.63 bits per heavy atom. The van der Waals surface area contributed by atoms with Crippen LogP contribution >= 0.6 is 0 Å². The minimum Gasteiger partial charge on any atom is -0.379 e. The molecule has 1 aromatic carbocycles. The Bertz CT molecular complexity index is 895. The van der Waals surface area contributed by atoms with Crippen molar-refractivity contribution in [2.75, 3.05) is 18.4 Å². The third-order valence-electron chi connectivity index (χ3n) is 6.34. The lowest BCUT2D eigenvalue weighted by Gasteiger charge is -2.42. The molecule has 3 aliphatic heterocycles. The van der Waals surface area contributed by atoms with Gasteiger partial charge in [-0.2, -0.15) is 0 Å². The van der Waals surface area contributed by atoms with E-state index in [4.69, 9.17) is 0 Å². The Balaban J connectivity index is 1.50. The van der Waals surface area contributed by atoms with E-state index < -0.39 is 17.8 Å². The van der Waals surface area contributed by atoms with E-state index in [9.17, 15) is 18.8 Å². The Kier molecular flexibility index (Phi) is 5.30. The summed E-state index contributed by atoms with van der Waals surface area (Å²) in [5, 5.41) is 5.62. The van der Waals surface area contributed by atoms with Gasteiger partial charge in [0.2, 0.25) is 11.8 Å². The molecule has 0 spiro atoms. The maximum Gasteiger partial charge on any atom is 0.255 e. The number of piperidine rings is 2. The number of hydrogen-bond donors (Lipinski definition) is 2. The van der Waals surface area contributed by atoms with Crippen molar-refractivity contribution < 1.29 is 18.8 Å². The van der Waals surface area contributed by atoms with Crippen LogP contribution in [0.15, 0.2) is 12.1 Å². The smallest absolute Gasteiger partial charge is 0.255 e. The van der Waals surface area contributed by atoms with Crippen LogP contribution in [0.3, 0.4) is 0 Å². The first kappa shape index (κ1) is 20.8. The maximum atomic E-state index is 14.8. The number of fused-ring (bicyclic) bond motifs is 1. The highest BCUT2D eigenvalue weighted by Crippen LogP contribution is 2.32. The van der Waals surface area contributed by atoms with Crippen molar-refractivity contribution >= 4 is 23.4 Å². The third-order valence-corrected chi connectivity index (χ3v) is 6.34. The van der Waals surface area contributed by atoms with Crippen molar-refractivity contribution in [3.8, 4) is 0 Å². The molecular weight excluding hydrogens is 387 g/mol. The molecule has 0 bridgehead atoms. The van der Waals surface area contributed by atoms with Gasteiger partial charge >= 0.3 is 0 Å². The summed E-state index contributed by atoms with van der Waals surface area (Å²) in [6, 6.07) is 2.41. The topological polar surface area (TPSA) is 81.8 Å². The third kappa shape index (κ3) is 3.93. The van der Waals surface area contributed by atoms with Crippen LogP contribution in [0.2, 0.25) is 0 Å². The second-order valence-corrected chi connectivity index (χ2v) is 9.49. The standard InChI is InChI=1S/C22H29FN4O3/c1-22(2,3)26-8-4-5-14(12-26)24-17-9-13-11-27(21(30)15(13)10-16(17)23)18-6-7-19(28)25-20(18)29/h9-10,14,18,24H,4-8,11-12H2,1-3H3,(H,25,28,29)/t14-,18+/m0/s1. The van der Waals surface area contributed by atoms with Gasteiger partial charge in [-0.05, 0) is 64.3 Å². The van der Waals surface area contributed by atoms with Crippen LogP contribution in [0.4, 0.5) is 10.1 Å². The Hall–Kier alpha value is -2.48. The molecule has 30 heavy (non-hydrogen) atoms. The zero-order valence-electron chi connectivity index (χ0n) is 17.8. The zero-order chi connectivity index (χ0) is 21.6. The number of amides is 3. The van der Waals surface area contributed by atoms with Crippen LogP contribution < -0.4 is 10.6 Å². The highest BCUT2D eigenvalue weighted by Gasteiger charge is 2.39. The molecule has 2 fully saturated rings. The largest absolute Gasteiger partial charge is 0.379 e. The summed E-state index contributed by atoms with van der Waals surface area (Å²) < 4.78 is 14.8. The van der Waals surface area contributed by atoms with Crippen molar-refractivity contribution in [2.24, 2.45) is 0 Å². The monoisotopic (exact) mass is 416 g/mol. The summed E-state index contributed by atoms with van der Waals surface area (Å²) in [6.45, 7) is 8.65. The summed E-state index contributed by atoms with van der Waals surface area (Å²) in [5.41, 5.74) is 1.46. The molecule has 0 unspecified atom stereocenters. The van der Waals surface area contributed by atoms with Crippen molar-refractivity contribution in [3.63, 3.8) is 0 Å². The molecule has 8 heteroatoms. The van der Waals surface area contributed by atoms with Gasteiger partial charge in [-0.15, -0.1) is 0 Å². The summed E-state index contributed by atoms with van der Waals surface area (Å²) in [6.07, 6.45) is 2.50. The molecule has 0 radical (unpaired) electrons. The predicted molar refractivity (Wildman–Crippen MR) is 110 cm³/mol. The molecule has 0 aliphatic carbocycles. The average molecular weight is 416 g/mol. The Labute approximate surface area is 176 Å². The van der Waals surface area contributed by atoms with E-state index in [1.165, 1.54) is 11.0 Å². The number of carbonyl (C=O) groups excluding carboxylic acids is 3. The van der Waals surface area contributed by atoms with Crippen LogP contribution in [-0.4, -0.2) is 58.2 Å². The first-order chi connectivity index (χ1) is 14.1. The normalized spacial score (nSPS) is 25.3. The number of nitrogens with one attached hydrogen (secondary N) is 2. The molecule has 3 heterocycles. The van der Waals surface area contributed by atoms with Crippen LogP contribution in [0.5, 0.6) is 0 Å². The highest BCUT2D eigenvalue weighted by molar-refractivity contribution is 6.05. The predicted octanol–water partition coefficient (Wildman–Crippen LogP) is 2.26. The van der Waals surface area contributed by atoms with E-state index in [0.29, 0.717) is 23.2 Å². The van der Waals surface area contributed by atoms with Gasteiger partial charge in [0.05, 0.1) is 5.69 Å². The van der Waals surface area contributed by atoms with Gasteiger partial charge in [-0.1, -0.05) is 0 Å². The number of anilines is 1. The molecule has 3 aliphatic rings. The quantitative estimate of drug-likeness (QED) is 0.739. The van der Waals surface area contributed by atoms with E-state index in [1.807, 2.05) is 0 Å². The van der Waals surface area contributed by atoms with Gasteiger partial charge in [-0.25, -0.2) is 4.39 Å². The van der Waals surface area contributed by atoms with Gasteiger partial charge in [-0.3, -0.25) is 24.6 Å². The van der Waals surface area contributed by atoms with Gasteiger partial charge in [0.1, 0.15) is 11.9 Å². The van der Waals surface area contributed by atoms with Crippen LogP contribution in [0, 0.1) is 5.82 Å². The number of imide groups is 1. The number of hydrogen-bond acceptors (Lipinski definition) is 5. The number of nitrogens with zero attached hydrogens (tertiary/aromatic N) is 2. The van der Waals surface area contributed by atoms with Crippen LogP contribution in [-0.2, 0) is 16.1 Å². The molecule has 2 saturated heterocycles. The second-order valence-electron chi connectivity index (χ2n) is 9.49. The minimum atomic E-state index is -0.694. The SMILES string of the molecule is CC(C)(C)N1CCC[C@H](Nc2cc3c(cc2F)C(=O)N([C@@H]2CCC(=O)NC2=O)C3)C1. The van der Waals surface area contributed by atoms with Crippen LogP contribution in [0.1, 0.15) is 62.4 Å². The molecule has 1 aromatic rings. The number of likely N-dealkylation sites (tertiary alicyclic amines) is 1. The number of halogens is 1. The van der Waals surface area contributed by atoms with Gasteiger partial charge in [0.25, 0.3) is 5.91 Å².